The number of benzene rings is 1. The fourth-order valence-corrected chi connectivity index (χ4v) is 2.01. The van der Waals surface area contributed by atoms with E-state index in [0.29, 0.717) is 17.7 Å². The molecule has 0 aliphatic rings. The molecule has 1 rings (SSSR count). The number of aromatic hydroxyl groups is 1. The summed E-state index contributed by atoms with van der Waals surface area (Å²) in [5, 5.41) is 40.4. The average Bonchev–Trinajstić information content (AvgIpc) is 2.46. The first-order valence-electron chi connectivity index (χ1n) is 7.11. The Morgan fingerprint density at radius 2 is 1.80 bits per heavy atom. The Bertz CT molecular complexity index is 384. The number of nitrogens with one attached hydrogen (secondary N) is 1. The molecule has 5 nitrogen and oxygen atoms in total. The van der Waals surface area contributed by atoms with Crippen molar-refractivity contribution in [3.05, 3.63) is 29.3 Å². The highest BCUT2D eigenvalue weighted by Gasteiger charge is 2.09. The number of rotatable bonds is 10. The highest BCUT2D eigenvalue weighted by atomic mass is 16.3. The summed E-state index contributed by atoms with van der Waals surface area (Å²) in [6.07, 6.45) is 3.30. The number of hydrogen-bond donors (Lipinski definition) is 5. The van der Waals surface area contributed by atoms with Gasteiger partial charge in [0, 0.05) is 18.7 Å². The molecule has 5 heteroatoms. The molecular weight excluding hydrogens is 258 g/mol. The average molecular weight is 283 g/mol. The van der Waals surface area contributed by atoms with Crippen molar-refractivity contribution in [3.8, 4) is 5.75 Å². The van der Waals surface area contributed by atoms with Crippen molar-refractivity contribution in [1.82, 2.24) is 5.32 Å². The van der Waals surface area contributed by atoms with Crippen LogP contribution in [-0.4, -0.2) is 40.1 Å². The summed E-state index contributed by atoms with van der Waals surface area (Å²) in [5.74, 6) is 0.0419. The summed E-state index contributed by atoms with van der Waals surface area (Å²) in [5.41, 5.74) is 1.10. The Morgan fingerprint density at radius 1 is 1.05 bits per heavy atom. The van der Waals surface area contributed by atoms with Gasteiger partial charge in [-0.3, -0.25) is 0 Å². The lowest BCUT2D eigenvalue weighted by molar-refractivity contribution is 0.174. The van der Waals surface area contributed by atoms with Crippen LogP contribution in [0.3, 0.4) is 0 Å². The summed E-state index contributed by atoms with van der Waals surface area (Å²) >= 11 is 0. The van der Waals surface area contributed by atoms with Crippen LogP contribution in [0, 0.1) is 0 Å². The van der Waals surface area contributed by atoms with Gasteiger partial charge in [-0.05, 0) is 37.1 Å². The van der Waals surface area contributed by atoms with Crippen molar-refractivity contribution >= 4 is 0 Å². The Kier molecular flexibility index (Phi) is 8.22. The molecule has 0 aliphatic carbocycles. The quantitative estimate of drug-likeness (QED) is 0.414. The molecule has 0 aliphatic heterocycles. The Morgan fingerprint density at radius 3 is 2.50 bits per heavy atom. The molecule has 0 aromatic heterocycles. The van der Waals surface area contributed by atoms with Gasteiger partial charge in [0.05, 0.1) is 12.7 Å². The molecule has 0 amide bonds. The maximum atomic E-state index is 10.0. The van der Waals surface area contributed by atoms with Crippen LogP contribution in [0.4, 0.5) is 0 Å². The van der Waals surface area contributed by atoms with Crippen molar-refractivity contribution in [3.63, 3.8) is 0 Å². The largest absolute Gasteiger partial charge is 0.508 e. The third-order valence-electron chi connectivity index (χ3n) is 3.26. The van der Waals surface area contributed by atoms with E-state index < -0.39 is 6.10 Å². The van der Waals surface area contributed by atoms with Crippen molar-refractivity contribution in [2.24, 2.45) is 0 Å². The van der Waals surface area contributed by atoms with Gasteiger partial charge in [-0.25, -0.2) is 0 Å². The molecule has 0 radical (unpaired) electrons. The van der Waals surface area contributed by atoms with Crippen LogP contribution < -0.4 is 5.32 Å². The van der Waals surface area contributed by atoms with Crippen LogP contribution in [0.5, 0.6) is 5.75 Å². The normalized spacial score (nSPS) is 12.6. The van der Waals surface area contributed by atoms with Gasteiger partial charge in [0.15, 0.2) is 0 Å². The Hall–Kier alpha value is -1.14. The Labute approximate surface area is 119 Å². The topological polar surface area (TPSA) is 93.0 Å². The molecule has 0 saturated carbocycles. The van der Waals surface area contributed by atoms with E-state index in [0.717, 1.165) is 32.2 Å². The van der Waals surface area contributed by atoms with Crippen LogP contribution in [0.15, 0.2) is 18.2 Å². The second-order valence-corrected chi connectivity index (χ2v) is 4.90. The predicted octanol–water partition coefficient (Wildman–Crippen LogP) is 1.06. The van der Waals surface area contributed by atoms with E-state index in [4.69, 9.17) is 10.2 Å². The molecule has 0 spiro atoms. The number of phenols is 1. The van der Waals surface area contributed by atoms with Crippen LogP contribution in [0.25, 0.3) is 0 Å². The highest BCUT2D eigenvalue weighted by molar-refractivity contribution is 5.36. The minimum absolute atomic E-state index is 0.0419. The van der Waals surface area contributed by atoms with Gasteiger partial charge in [-0.15, -0.1) is 0 Å². The predicted molar refractivity (Wildman–Crippen MR) is 77.4 cm³/mol. The van der Waals surface area contributed by atoms with Gasteiger partial charge in [0.2, 0.25) is 0 Å². The SMILES string of the molecule is OCCCCCCNC[C@H](O)c1ccc(O)c(CO)c1. The maximum Gasteiger partial charge on any atom is 0.121 e. The third kappa shape index (κ3) is 5.88. The van der Waals surface area contributed by atoms with Crippen LogP contribution >= 0.6 is 0 Å². The van der Waals surface area contributed by atoms with Crippen molar-refractivity contribution < 1.29 is 20.4 Å². The fraction of sp³-hybridized carbons (Fsp3) is 0.600. The van der Waals surface area contributed by atoms with E-state index in [1.165, 1.54) is 6.07 Å². The summed E-state index contributed by atoms with van der Waals surface area (Å²) in [6, 6.07) is 4.75. The first-order chi connectivity index (χ1) is 9.69. The van der Waals surface area contributed by atoms with Gasteiger partial charge in [0.25, 0.3) is 0 Å². The summed E-state index contributed by atoms with van der Waals surface area (Å²) < 4.78 is 0. The number of aliphatic hydroxyl groups excluding tert-OH is 3. The molecule has 114 valence electrons. The smallest absolute Gasteiger partial charge is 0.121 e. The van der Waals surface area contributed by atoms with Crippen molar-refractivity contribution in [1.29, 1.82) is 0 Å². The summed E-state index contributed by atoms with van der Waals surface area (Å²) in [4.78, 5) is 0. The third-order valence-corrected chi connectivity index (χ3v) is 3.26. The molecule has 0 bridgehead atoms. The first-order valence-corrected chi connectivity index (χ1v) is 7.11. The first kappa shape index (κ1) is 16.9. The lowest BCUT2D eigenvalue weighted by Crippen LogP contribution is -2.22. The molecule has 0 fully saturated rings. The molecule has 0 saturated heterocycles. The second kappa shape index (κ2) is 9.72. The molecule has 5 N–H and O–H groups in total. The minimum atomic E-state index is -0.654. The van der Waals surface area contributed by atoms with Crippen molar-refractivity contribution in [2.45, 2.75) is 38.4 Å². The Balaban J connectivity index is 2.27. The fourth-order valence-electron chi connectivity index (χ4n) is 2.01. The molecule has 0 heterocycles. The van der Waals surface area contributed by atoms with Crippen LogP contribution in [-0.2, 0) is 6.61 Å². The van der Waals surface area contributed by atoms with Crippen LogP contribution in [0.2, 0.25) is 0 Å². The van der Waals surface area contributed by atoms with Gasteiger partial charge < -0.3 is 25.7 Å². The zero-order valence-electron chi connectivity index (χ0n) is 11.8. The molecule has 0 unspecified atom stereocenters. The van der Waals surface area contributed by atoms with E-state index in [1.54, 1.807) is 12.1 Å². The van der Waals surface area contributed by atoms with E-state index >= 15 is 0 Å². The van der Waals surface area contributed by atoms with Crippen LogP contribution in [0.1, 0.15) is 42.9 Å². The molecule has 20 heavy (non-hydrogen) atoms. The van der Waals surface area contributed by atoms with Gasteiger partial charge in [-0.1, -0.05) is 18.9 Å². The number of unbranched alkanes of at least 4 members (excludes halogenated alkanes) is 3. The van der Waals surface area contributed by atoms with E-state index in [-0.39, 0.29) is 19.0 Å². The molecule has 1 atom stereocenters. The van der Waals surface area contributed by atoms with Gasteiger partial charge in [0.1, 0.15) is 5.75 Å². The molecular formula is C15H25NO4. The zero-order chi connectivity index (χ0) is 14.8. The van der Waals surface area contributed by atoms with Gasteiger partial charge in [-0.2, -0.15) is 0 Å². The van der Waals surface area contributed by atoms with Crippen molar-refractivity contribution in [2.75, 3.05) is 19.7 Å². The summed E-state index contributed by atoms with van der Waals surface area (Å²) in [6.45, 7) is 1.27. The number of hydrogen-bond acceptors (Lipinski definition) is 5. The monoisotopic (exact) mass is 283 g/mol. The maximum absolute atomic E-state index is 10.0. The lowest BCUT2D eigenvalue weighted by atomic mass is 10.1. The molecule has 1 aromatic carbocycles. The van der Waals surface area contributed by atoms with E-state index in [9.17, 15) is 10.2 Å². The molecule has 1 aromatic rings. The van der Waals surface area contributed by atoms with E-state index in [2.05, 4.69) is 5.32 Å². The lowest BCUT2D eigenvalue weighted by Gasteiger charge is -2.13. The van der Waals surface area contributed by atoms with Gasteiger partial charge >= 0.3 is 0 Å². The highest BCUT2D eigenvalue weighted by Crippen LogP contribution is 2.22. The standard InChI is InChI=1S/C15H25NO4/c17-8-4-2-1-3-7-16-10-15(20)12-5-6-14(19)13(9-12)11-18/h5-6,9,15-20H,1-4,7-8,10-11H2/t15-/m0/s1. The zero-order valence-corrected chi connectivity index (χ0v) is 11.8. The van der Waals surface area contributed by atoms with E-state index in [1.807, 2.05) is 0 Å². The summed E-state index contributed by atoms with van der Waals surface area (Å²) in [7, 11) is 0. The second-order valence-electron chi connectivity index (χ2n) is 4.90. The number of aliphatic hydroxyl groups is 3. The minimum Gasteiger partial charge on any atom is -0.508 e.